The van der Waals surface area contributed by atoms with E-state index >= 15 is 0 Å². The van der Waals surface area contributed by atoms with Gasteiger partial charge in [-0.05, 0) is 46.1 Å². The van der Waals surface area contributed by atoms with Gasteiger partial charge in [-0.3, -0.25) is 9.88 Å². The fourth-order valence-electron chi connectivity index (χ4n) is 4.01. The van der Waals surface area contributed by atoms with E-state index in [0.29, 0.717) is 32.7 Å². The number of aliphatic hydroxyl groups excluding tert-OH is 1. The van der Waals surface area contributed by atoms with Crippen molar-refractivity contribution in [3.8, 4) is 0 Å². The molecule has 6 nitrogen and oxygen atoms in total. The molecule has 0 bridgehead atoms. The van der Waals surface area contributed by atoms with Crippen LogP contribution in [0.4, 0.5) is 9.18 Å². The molecule has 0 radical (unpaired) electrons. The third-order valence-corrected chi connectivity index (χ3v) is 5.99. The second-order valence-corrected chi connectivity index (χ2v) is 8.55. The molecule has 8 heteroatoms. The van der Waals surface area contributed by atoms with Crippen molar-refractivity contribution in [3.63, 3.8) is 0 Å². The largest absolute Gasteiger partial charge is 0.390 e. The van der Waals surface area contributed by atoms with Crippen LogP contribution < -0.4 is 0 Å². The molecule has 0 saturated carbocycles. The molecule has 1 aromatic carbocycles. The number of β-amino-alcohol motifs (C(OH)–C–C–N with tert-alkyl or cyclic N) is 1. The highest BCUT2D eigenvalue weighted by molar-refractivity contribution is 9.10. The van der Waals surface area contributed by atoms with Crippen LogP contribution in [0.1, 0.15) is 16.8 Å². The maximum absolute atomic E-state index is 14.0. The topological polar surface area (TPSA) is 59.9 Å². The van der Waals surface area contributed by atoms with Crippen molar-refractivity contribution < 1.29 is 14.3 Å². The number of pyridine rings is 1. The zero-order valence-corrected chi connectivity index (χ0v) is 17.7. The van der Waals surface area contributed by atoms with Crippen LogP contribution in [0.25, 0.3) is 0 Å². The summed E-state index contributed by atoms with van der Waals surface area (Å²) in [7, 11) is 0. The van der Waals surface area contributed by atoms with Gasteiger partial charge < -0.3 is 14.9 Å². The zero-order chi connectivity index (χ0) is 20.4. The van der Waals surface area contributed by atoms with E-state index in [1.807, 2.05) is 18.2 Å². The molecule has 3 heterocycles. The van der Waals surface area contributed by atoms with Crippen LogP contribution in [0.3, 0.4) is 0 Å². The smallest absolute Gasteiger partial charge is 0.320 e. The number of benzene rings is 1. The molecule has 2 amide bonds. The minimum absolute atomic E-state index is 0.0798. The van der Waals surface area contributed by atoms with Gasteiger partial charge in [-0.25, -0.2) is 9.18 Å². The number of carbonyl (C=O) groups is 1. The number of carbonyl (C=O) groups excluding carboxylic acids is 1. The Balaban J connectivity index is 1.29. The van der Waals surface area contributed by atoms with E-state index in [9.17, 15) is 14.3 Å². The Kier molecular flexibility index (Phi) is 6.12. The number of nitrogens with zero attached hydrogens (tertiary/aromatic N) is 4. The van der Waals surface area contributed by atoms with Gasteiger partial charge in [-0.15, -0.1) is 0 Å². The first-order chi connectivity index (χ1) is 14.0. The zero-order valence-electron chi connectivity index (χ0n) is 16.1. The van der Waals surface area contributed by atoms with Crippen molar-refractivity contribution >= 4 is 22.0 Å². The number of amides is 2. The van der Waals surface area contributed by atoms with E-state index in [0.717, 1.165) is 34.3 Å². The molecule has 154 valence electrons. The fraction of sp³-hybridized carbons (Fsp3) is 0.429. The molecule has 1 fully saturated rings. The van der Waals surface area contributed by atoms with Crippen molar-refractivity contribution in [2.45, 2.75) is 25.6 Å². The maximum atomic E-state index is 14.0. The molecule has 2 aliphatic rings. The molecule has 1 aromatic heterocycles. The predicted octanol–water partition coefficient (Wildman–Crippen LogP) is 2.64. The summed E-state index contributed by atoms with van der Waals surface area (Å²) in [4.78, 5) is 22.5. The number of rotatable bonds is 6. The Hall–Kier alpha value is -2.03. The molecule has 1 unspecified atom stereocenters. The van der Waals surface area contributed by atoms with E-state index < -0.39 is 6.10 Å². The van der Waals surface area contributed by atoms with E-state index in [-0.39, 0.29) is 18.4 Å². The minimum Gasteiger partial charge on any atom is -0.390 e. The second kappa shape index (κ2) is 8.77. The quantitative estimate of drug-likeness (QED) is 0.716. The van der Waals surface area contributed by atoms with Gasteiger partial charge in [0.25, 0.3) is 0 Å². The average Bonchev–Trinajstić information content (AvgIpc) is 3.04. The Morgan fingerprint density at radius 2 is 1.97 bits per heavy atom. The number of halogens is 2. The van der Waals surface area contributed by atoms with Crippen molar-refractivity contribution in [1.29, 1.82) is 0 Å². The molecule has 2 aromatic rings. The standard InChI is InChI=1S/C21H24BrFN4O2/c22-16-4-5-17(24-10-16)11-26-8-9-27(21(26)29)13-18(28)12-25-7-6-15-2-1-3-20(23)19(15)14-25/h1-5,10,18,28H,6-9,11-14H2. The summed E-state index contributed by atoms with van der Waals surface area (Å²) < 4.78 is 15.0. The lowest BCUT2D eigenvalue weighted by molar-refractivity contribution is 0.0806. The van der Waals surface area contributed by atoms with Crippen molar-refractivity contribution in [2.24, 2.45) is 0 Å². The highest BCUT2D eigenvalue weighted by Crippen LogP contribution is 2.22. The number of aliphatic hydroxyl groups is 1. The number of aromatic nitrogens is 1. The van der Waals surface area contributed by atoms with Crippen LogP contribution in [0.15, 0.2) is 41.0 Å². The molecular formula is C21H24BrFN4O2. The Bertz CT molecular complexity index is 879. The molecule has 2 aliphatic heterocycles. The van der Waals surface area contributed by atoms with Crippen molar-refractivity contribution in [2.75, 3.05) is 32.7 Å². The number of hydrogen-bond acceptors (Lipinski definition) is 4. The monoisotopic (exact) mass is 462 g/mol. The average molecular weight is 463 g/mol. The Morgan fingerprint density at radius 3 is 2.76 bits per heavy atom. The second-order valence-electron chi connectivity index (χ2n) is 7.63. The van der Waals surface area contributed by atoms with Crippen molar-refractivity contribution in [1.82, 2.24) is 19.7 Å². The summed E-state index contributed by atoms with van der Waals surface area (Å²) in [6.07, 6.45) is 1.82. The first-order valence-electron chi connectivity index (χ1n) is 9.80. The van der Waals surface area contributed by atoms with Gasteiger partial charge in [0, 0.05) is 55.5 Å². The van der Waals surface area contributed by atoms with Crippen LogP contribution in [0.5, 0.6) is 0 Å². The Morgan fingerprint density at radius 1 is 1.14 bits per heavy atom. The lowest BCUT2D eigenvalue weighted by Gasteiger charge is -2.31. The predicted molar refractivity (Wildman–Crippen MR) is 111 cm³/mol. The van der Waals surface area contributed by atoms with Gasteiger partial charge in [-0.2, -0.15) is 0 Å². The van der Waals surface area contributed by atoms with Gasteiger partial charge in [0.1, 0.15) is 5.82 Å². The maximum Gasteiger partial charge on any atom is 0.320 e. The molecule has 1 N–H and O–H groups in total. The van der Waals surface area contributed by atoms with E-state index in [1.54, 1.807) is 22.1 Å². The third kappa shape index (κ3) is 4.76. The Labute approximate surface area is 178 Å². The van der Waals surface area contributed by atoms with Crippen LogP contribution in [0.2, 0.25) is 0 Å². The van der Waals surface area contributed by atoms with Gasteiger partial charge >= 0.3 is 6.03 Å². The highest BCUT2D eigenvalue weighted by atomic mass is 79.9. The van der Waals surface area contributed by atoms with Crippen LogP contribution in [0, 0.1) is 5.82 Å². The van der Waals surface area contributed by atoms with E-state index in [1.165, 1.54) is 6.07 Å². The number of urea groups is 1. The summed E-state index contributed by atoms with van der Waals surface area (Å²) in [5.74, 6) is -0.186. The first kappa shape index (κ1) is 20.3. The summed E-state index contributed by atoms with van der Waals surface area (Å²) in [5, 5.41) is 10.5. The molecule has 4 rings (SSSR count). The molecule has 1 atom stereocenters. The number of fused-ring (bicyclic) bond motifs is 1. The molecule has 29 heavy (non-hydrogen) atoms. The van der Waals surface area contributed by atoms with Crippen LogP contribution in [-0.2, 0) is 19.5 Å². The van der Waals surface area contributed by atoms with E-state index in [2.05, 4.69) is 25.8 Å². The molecular weight excluding hydrogens is 439 g/mol. The summed E-state index contributed by atoms with van der Waals surface area (Å²) in [6, 6.07) is 8.91. The lowest BCUT2D eigenvalue weighted by atomic mass is 9.99. The molecule has 1 saturated heterocycles. The van der Waals surface area contributed by atoms with Crippen molar-refractivity contribution in [3.05, 3.63) is 63.6 Å². The van der Waals surface area contributed by atoms with Gasteiger partial charge in [-0.1, -0.05) is 12.1 Å². The minimum atomic E-state index is -0.668. The van der Waals surface area contributed by atoms with E-state index in [4.69, 9.17) is 0 Å². The van der Waals surface area contributed by atoms with Gasteiger partial charge in [0.2, 0.25) is 0 Å². The highest BCUT2D eigenvalue weighted by Gasteiger charge is 2.31. The summed E-state index contributed by atoms with van der Waals surface area (Å²) in [6.45, 7) is 3.64. The molecule has 0 aliphatic carbocycles. The fourth-order valence-corrected chi connectivity index (χ4v) is 4.24. The third-order valence-electron chi connectivity index (χ3n) is 5.52. The summed E-state index contributed by atoms with van der Waals surface area (Å²) in [5.41, 5.74) is 2.59. The molecule has 0 spiro atoms. The van der Waals surface area contributed by atoms with Gasteiger partial charge in [0.05, 0.1) is 18.3 Å². The normalized spacial score (nSPS) is 18.2. The first-order valence-corrected chi connectivity index (χ1v) is 10.6. The SMILES string of the molecule is O=C1N(Cc2ccc(Br)cn2)CCN1CC(O)CN1CCc2cccc(F)c2C1. The lowest BCUT2D eigenvalue weighted by Crippen LogP contribution is -2.43. The summed E-state index contributed by atoms with van der Waals surface area (Å²) >= 11 is 3.36. The van der Waals surface area contributed by atoms with Crippen LogP contribution >= 0.6 is 15.9 Å². The van der Waals surface area contributed by atoms with Gasteiger partial charge in [0.15, 0.2) is 0 Å². The number of hydrogen-bond donors (Lipinski definition) is 1. The van der Waals surface area contributed by atoms with Crippen LogP contribution in [-0.4, -0.2) is 69.6 Å².